The van der Waals surface area contributed by atoms with Crippen molar-refractivity contribution in [3.63, 3.8) is 0 Å². The Hall–Kier alpha value is -2.64. The van der Waals surface area contributed by atoms with Crippen LogP contribution in [-0.4, -0.2) is 33.2 Å². The molecule has 2 aliphatic rings. The SMILES string of the molecule is Cc1ccc(N2C(=O)c3cc(-c4cccs4)nn3C[C@@]2(C)C(=O)NC2CCCCCC2)cc1Cl. The zero-order valence-corrected chi connectivity index (χ0v) is 21.1. The van der Waals surface area contributed by atoms with Crippen molar-refractivity contribution >= 4 is 40.4 Å². The molecule has 1 aromatic carbocycles. The Bertz CT molecular complexity index is 1210. The maximum Gasteiger partial charge on any atom is 0.277 e. The third-order valence-electron chi connectivity index (χ3n) is 7.02. The topological polar surface area (TPSA) is 67.2 Å². The number of nitrogens with zero attached hydrogens (tertiary/aromatic N) is 3. The lowest BCUT2D eigenvalue weighted by Gasteiger charge is -2.43. The second-order valence-electron chi connectivity index (χ2n) is 9.56. The van der Waals surface area contributed by atoms with Gasteiger partial charge in [-0.25, -0.2) is 0 Å². The number of hydrogen-bond acceptors (Lipinski definition) is 4. The molecule has 0 saturated heterocycles. The predicted molar refractivity (Wildman–Crippen MR) is 137 cm³/mol. The highest BCUT2D eigenvalue weighted by Crippen LogP contribution is 2.36. The highest BCUT2D eigenvalue weighted by atomic mass is 35.5. The van der Waals surface area contributed by atoms with Crippen LogP contribution in [0.1, 0.15) is 61.5 Å². The second-order valence-corrected chi connectivity index (χ2v) is 10.9. The van der Waals surface area contributed by atoms with Crippen molar-refractivity contribution < 1.29 is 9.59 Å². The first-order chi connectivity index (χ1) is 16.4. The van der Waals surface area contributed by atoms with Crippen LogP contribution < -0.4 is 10.2 Å². The van der Waals surface area contributed by atoms with Gasteiger partial charge in [0.25, 0.3) is 5.91 Å². The van der Waals surface area contributed by atoms with Gasteiger partial charge in [0.2, 0.25) is 5.91 Å². The first-order valence-electron chi connectivity index (χ1n) is 11.9. The van der Waals surface area contributed by atoms with Crippen LogP contribution in [0.25, 0.3) is 10.6 Å². The first kappa shape index (κ1) is 23.1. The Morgan fingerprint density at radius 3 is 2.62 bits per heavy atom. The van der Waals surface area contributed by atoms with Gasteiger partial charge in [0, 0.05) is 16.8 Å². The van der Waals surface area contributed by atoms with E-state index < -0.39 is 5.54 Å². The molecule has 1 N–H and O–H groups in total. The van der Waals surface area contributed by atoms with Crippen molar-refractivity contribution in [2.45, 2.75) is 70.5 Å². The van der Waals surface area contributed by atoms with Gasteiger partial charge < -0.3 is 5.32 Å². The van der Waals surface area contributed by atoms with E-state index in [1.807, 2.05) is 49.6 Å². The van der Waals surface area contributed by atoms with E-state index in [1.165, 1.54) is 12.8 Å². The fourth-order valence-electron chi connectivity index (χ4n) is 5.02. The second kappa shape index (κ2) is 9.19. The molecule has 0 radical (unpaired) electrons. The van der Waals surface area contributed by atoms with E-state index in [2.05, 4.69) is 5.32 Å². The number of hydrogen-bond donors (Lipinski definition) is 1. The number of thiophene rings is 1. The van der Waals surface area contributed by atoms with E-state index in [1.54, 1.807) is 27.0 Å². The molecule has 0 spiro atoms. The molecule has 3 heterocycles. The summed E-state index contributed by atoms with van der Waals surface area (Å²) < 4.78 is 1.69. The molecule has 0 unspecified atom stereocenters. The van der Waals surface area contributed by atoms with E-state index in [4.69, 9.17) is 16.7 Å². The third kappa shape index (κ3) is 4.16. The van der Waals surface area contributed by atoms with Gasteiger partial charge in [0.05, 0.1) is 11.4 Å². The van der Waals surface area contributed by atoms with Crippen molar-refractivity contribution in [1.29, 1.82) is 0 Å². The van der Waals surface area contributed by atoms with Crippen LogP contribution in [0.15, 0.2) is 41.8 Å². The molecule has 6 nitrogen and oxygen atoms in total. The molecule has 5 rings (SSSR count). The summed E-state index contributed by atoms with van der Waals surface area (Å²) in [5, 5.41) is 10.5. The van der Waals surface area contributed by atoms with Crippen LogP contribution in [0.2, 0.25) is 5.02 Å². The van der Waals surface area contributed by atoms with Gasteiger partial charge in [0.15, 0.2) is 0 Å². The van der Waals surface area contributed by atoms with Crippen LogP contribution in [-0.2, 0) is 11.3 Å². The Kier molecular flexibility index (Phi) is 6.25. The highest BCUT2D eigenvalue weighted by Gasteiger charge is 2.49. The van der Waals surface area contributed by atoms with E-state index in [-0.39, 0.29) is 24.4 Å². The number of carbonyl (C=O) groups is 2. The van der Waals surface area contributed by atoms with Gasteiger partial charge in [-0.15, -0.1) is 11.3 Å². The summed E-state index contributed by atoms with van der Waals surface area (Å²) in [4.78, 5) is 30.4. The van der Waals surface area contributed by atoms with Crippen LogP contribution >= 0.6 is 22.9 Å². The number of carbonyl (C=O) groups excluding carboxylic acids is 2. The largest absolute Gasteiger partial charge is 0.351 e. The van der Waals surface area contributed by atoms with Crippen molar-refractivity contribution in [3.05, 3.63) is 58.1 Å². The molecule has 0 bridgehead atoms. The summed E-state index contributed by atoms with van der Waals surface area (Å²) in [6.07, 6.45) is 6.59. The molecule has 3 aromatic rings. The molecule has 1 atom stereocenters. The van der Waals surface area contributed by atoms with E-state index >= 15 is 0 Å². The molecule has 1 saturated carbocycles. The summed E-state index contributed by atoms with van der Waals surface area (Å²) in [5.74, 6) is -0.400. The van der Waals surface area contributed by atoms with Crippen molar-refractivity contribution in [2.75, 3.05) is 4.90 Å². The Labute approximate surface area is 208 Å². The summed E-state index contributed by atoms with van der Waals surface area (Å²) >= 11 is 8.02. The average Bonchev–Trinajstić information content (AvgIpc) is 3.42. The molecule has 1 fully saturated rings. The van der Waals surface area contributed by atoms with Crippen molar-refractivity contribution in [3.8, 4) is 10.6 Å². The number of benzene rings is 1. The molecular formula is C26H29ClN4O2S. The number of aromatic nitrogens is 2. The normalized spacial score (nSPS) is 21.3. The summed E-state index contributed by atoms with van der Waals surface area (Å²) in [7, 11) is 0. The molecule has 2 aromatic heterocycles. The highest BCUT2D eigenvalue weighted by molar-refractivity contribution is 7.13. The first-order valence-corrected chi connectivity index (χ1v) is 13.2. The zero-order valence-electron chi connectivity index (χ0n) is 19.5. The molecule has 8 heteroatoms. The maximum absolute atomic E-state index is 13.9. The third-order valence-corrected chi connectivity index (χ3v) is 8.32. The van der Waals surface area contributed by atoms with Crippen LogP contribution in [0.5, 0.6) is 0 Å². The fraction of sp³-hybridized carbons (Fsp3) is 0.423. The summed E-state index contributed by atoms with van der Waals surface area (Å²) in [5.41, 5.74) is 1.61. The van der Waals surface area contributed by atoms with Gasteiger partial charge in [0.1, 0.15) is 16.9 Å². The number of rotatable bonds is 4. The van der Waals surface area contributed by atoms with Crippen LogP contribution in [0.3, 0.4) is 0 Å². The quantitative estimate of drug-likeness (QED) is 0.462. The lowest BCUT2D eigenvalue weighted by atomic mass is 9.93. The smallest absolute Gasteiger partial charge is 0.277 e. The number of fused-ring (bicyclic) bond motifs is 1. The Morgan fingerprint density at radius 1 is 1.18 bits per heavy atom. The van der Waals surface area contributed by atoms with E-state index in [0.29, 0.717) is 16.4 Å². The van der Waals surface area contributed by atoms with Crippen molar-refractivity contribution in [2.24, 2.45) is 0 Å². The molecule has 2 amide bonds. The number of anilines is 1. The lowest BCUT2D eigenvalue weighted by molar-refractivity contribution is -0.127. The minimum Gasteiger partial charge on any atom is -0.351 e. The minimum absolute atomic E-state index is 0.131. The van der Waals surface area contributed by atoms with Crippen molar-refractivity contribution in [1.82, 2.24) is 15.1 Å². The summed E-state index contributed by atoms with van der Waals surface area (Å²) in [6, 6.07) is 11.4. The molecular weight excluding hydrogens is 468 g/mol. The van der Waals surface area contributed by atoms with Crippen LogP contribution in [0, 0.1) is 6.92 Å². The number of halogens is 1. The standard InChI is InChI=1S/C26H29ClN4O2S/c1-17-11-12-19(14-20(17)27)31-24(32)22-15-21(23-10-7-13-34-23)29-30(22)16-26(31,2)25(33)28-18-8-5-3-4-6-9-18/h7,10-15,18H,3-6,8-9,16H2,1-2H3,(H,28,33)/t26-/m0/s1. The van der Waals surface area contributed by atoms with E-state index in [9.17, 15) is 9.59 Å². The Balaban J connectivity index is 1.56. The van der Waals surface area contributed by atoms with Gasteiger partial charge >= 0.3 is 0 Å². The average molecular weight is 497 g/mol. The van der Waals surface area contributed by atoms with Gasteiger partial charge in [-0.3, -0.25) is 19.2 Å². The number of nitrogens with one attached hydrogen (secondary N) is 1. The molecule has 1 aliphatic heterocycles. The zero-order chi connectivity index (χ0) is 23.9. The molecule has 178 valence electrons. The molecule has 34 heavy (non-hydrogen) atoms. The van der Waals surface area contributed by atoms with E-state index in [0.717, 1.165) is 41.8 Å². The number of aryl methyl sites for hydroxylation is 1. The van der Waals surface area contributed by atoms with Gasteiger partial charge in [-0.2, -0.15) is 5.10 Å². The number of amides is 2. The van der Waals surface area contributed by atoms with Gasteiger partial charge in [-0.05, 0) is 61.9 Å². The summed E-state index contributed by atoms with van der Waals surface area (Å²) in [6.45, 7) is 4.02. The monoisotopic (exact) mass is 496 g/mol. The lowest BCUT2D eigenvalue weighted by Crippen LogP contribution is -2.65. The molecule has 1 aliphatic carbocycles. The fourth-order valence-corrected chi connectivity index (χ4v) is 5.87. The van der Waals surface area contributed by atoms with Gasteiger partial charge in [-0.1, -0.05) is 49.4 Å². The Morgan fingerprint density at radius 2 is 1.94 bits per heavy atom. The predicted octanol–water partition coefficient (Wildman–Crippen LogP) is 5.83. The maximum atomic E-state index is 13.9. The van der Waals surface area contributed by atoms with Crippen LogP contribution in [0.4, 0.5) is 5.69 Å². The minimum atomic E-state index is -1.15.